The summed E-state index contributed by atoms with van der Waals surface area (Å²) in [6.07, 6.45) is 1.54. The molecule has 0 bridgehead atoms. The van der Waals surface area contributed by atoms with Gasteiger partial charge in [-0.15, -0.1) is 0 Å². The molecule has 92 valence electrons. The molecule has 1 aromatic carbocycles. The summed E-state index contributed by atoms with van der Waals surface area (Å²) < 4.78 is 26.4. The van der Waals surface area contributed by atoms with E-state index in [9.17, 15) is 13.6 Å². The lowest BCUT2D eigenvalue weighted by Crippen LogP contribution is -2.03. The molecule has 0 saturated heterocycles. The summed E-state index contributed by atoms with van der Waals surface area (Å²) in [4.78, 5) is 19.0. The number of carbonyl (C=O) groups excluding carboxylic acids is 1. The zero-order valence-corrected chi connectivity index (χ0v) is 9.65. The summed E-state index contributed by atoms with van der Waals surface area (Å²) in [6.45, 7) is 1.43. The third-order valence-electron chi connectivity index (χ3n) is 2.32. The van der Waals surface area contributed by atoms with Crippen LogP contribution in [0.4, 0.5) is 8.78 Å². The fraction of sp³-hybridized carbons (Fsp3) is 0.154. The summed E-state index contributed by atoms with van der Waals surface area (Å²) in [6, 6.07) is 4.78. The fourth-order valence-electron chi connectivity index (χ4n) is 1.55. The van der Waals surface area contributed by atoms with Gasteiger partial charge in [0, 0.05) is 17.8 Å². The van der Waals surface area contributed by atoms with Crippen LogP contribution in [-0.2, 0) is 11.2 Å². The van der Waals surface area contributed by atoms with Crippen LogP contribution in [0.25, 0.3) is 11.3 Å². The number of hydrogen-bond donors (Lipinski definition) is 0. The van der Waals surface area contributed by atoms with E-state index >= 15 is 0 Å². The van der Waals surface area contributed by atoms with Crippen LogP contribution in [0.2, 0.25) is 0 Å². The molecule has 3 nitrogen and oxygen atoms in total. The minimum atomic E-state index is -0.692. The molecule has 18 heavy (non-hydrogen) atoms. The molecule has 0 aliphatic rings. The standard InChI is InChI=1S/C13H10F2N2O/c1-8(18)6-13-16-5-4-12(17-13)10-3-2-9(14)7-11(10)15/h2-5,7H,6H2,1H3. The zero-order valence-electron chi connectivity index (χ0n) is 9.65. The highest BCUT2D eigenvalue weighted by Gasteiger charge is 2.09. The molecule has 0 N–H and O–H groups in total. The van der Waals surface area contributed by atoms with Gasteiger partial charge in [0.15, 0.2) is 0 Å². The highest BCUT2D eigenvalue weighted by atomic mass is 19.1. The first-order valence-electron chi connectivity index (χ1n) is 5.33. The van der Waals surface area contributed by atoms with E-state index in [1.807, 2.05) is 0 Å². The Hall–Kier alpha value is -2.17. The molecule has 5 heteroatoms. The molecule has 1 heterocycles. The van der Waals surface area contributed by atoms with Gasteiger partial charge in [0.1, 0.15) is 23.2 Å². The summed E-state index contributed by atoms with van der Waals surface area (Å²) in [5.41, 5.74) is 0.516. The molecule has 0 fully saturated rings. The fourth-order valence-corrected chi connectivity index (χ4v) is 1.55. The second kappa shape index (κ2) is 5.00. The monoisotopic (exact) mass is 248 g/mol. The van der Waals surface area contributed by atoms with E-state index in [2.05, 4.69) is 9.97 Å². The Bertz CT molecular complexity index is 599. The molecule has 0 spiro atoms. The third-order valence-corrected chi connectivity index (χ3v) is 2.32. The van der Waals surface area contributed by atoms with Gasteiger partial charge in [-0.1, -0.05) is 0 Å². The first-order chi connectivity index (χ1) is 8.56. The van der Waals surface area contributed by atoms with Crippen LogP contribution in [0.3, 0.4) is 0 Å². The lowest BCUT2D eigenvalue weighted by molar-refractivity contribution is -0.116. The van der Waals surface area contributed by atoms with Crippen LogP contribution in [0.1, 0.15) is 12.7 Å². The minimum Gasteiger partial charge on any atom is -0.300 e. The molecule has 0 aliphatic carbocycles. The number of rotatable bonds is 3. The van der Waals surface area contributed by atoms with E-state index in [0.29, 0.717) is 11.5 Å². The van der Waals surface area contributed by atoms with Gasteiger partial charge in [-0.3, -0.25) is 4.79 Å². The molecule has 0 unspecified atom stereocenters. The molecule has 2 rings (SSSR count). The highest BCUT2D eigenvalue weighted by molar-refractivity contribution is 5.77. The van der Waals surface area contributed by atoms with Crippen molar-refractivity contribution in [2.75, 3.05) is 0 Å². The Balaban J connectivity index is 2.41. The van der Waals surface area contributed by atoms with E-state index in [4.69, 9.17) is 0 Å². The average Bonchev–Trinajstić information content (AvgIpc) is 2.28. The maximum absolute atomic E-state index is 13.6. The minimum absolute atomic E-state index is 0.0771. The third kappa shape index (κ3) is 2.74. The normalized spacial score (nSPS) is 10.4. The number of Topliss-reactive ketones (excluding diaryl/α,β-unsaturated/α-hetero) is 1. The first-order valence-corrected chi connectivity index (χ1v) is 5.33. The molecule has 0 radical (unpaired) electrons. The SMILES string of the molecule is CC(=O)Cc1nccc(-c2ccc(F)cc2F)n1. The van der Waals surface area contributed by atoms with Gasteiger partial charge in [0.05, 0.1) is 12.1 Å². The molecule has 1 aromatic heterocycles. The summed E-state index contributed by atoms with van der Waals surface area (Å²) in [7, 11) is 0. The number of halogens is 2. The quantitative estimate of drug-likeness (QED) is 0.838. The van der Waals surface area contributed by atoms with Crippen LogP contribution in [0.5, 0.6) is 0 Å². The van der Waals surface area contributed by atoms with E-state index in [0.717, 1.165) is 12.1 Å². The lowest BCUT2D eigenvalue weighted by atomic mass is 10.1. The largest absolute Gasteiger partial charge is 0.300 e. The smallest absolute Gasteiger partial charge is 0.137 e. The second-order valence-corrected chi connectivity index (χ2v) is 3.86. The van der Waals surface area contributed by atoms with Crippen molar-refractivity contribution >= 4 is 5.78 Å². The zero-order chi connectivity index (χ0) is 13.1. The maximum atomic E-state index is 13.6. The van der Waals surface area contributed by atoms with Gasteiger partial charge in [-0.2, -0.15) is 0 Å². The van der Waals surface area contributed by atoms with Crippen molar-refractivity contribution in [3.8, 4) is 11.3 Å². The maximum Gasteiger partial charge on any atom is 0.137 e. The number of nitrogens with zero attached hydrogens (tertiary/aromatic N) is 2. The van der Waals surface area contributed by atoms with Crippen LogP contribution < -0.4 is 0 Å². The van der Waals surface area contributed by atoms with Crippen molar-refractivity contribution in [2.45, 2.75) is 13.3 Å². The molecule has 0 saturated carbocycles. The number of aromatic nitrogens is 2. The first kappa shape index (κ1) is 12.3. The van der Waals surface area contributed by atoms with E-state index < -0.39 is 11.6 Å². The Labute approximate surface area is 103 Å². The van der Waals surface area contributed by atoms with E-state index in [1.54, 1.807) is 0 Å². The Morgan fingerprint density at radius 3 is 2.72 bits per heavy atom. The number of carbonyl (C=O) groups is 1. The number of benzene rings is 1. The molecular weight excluding hydrogens is 238 g/mol. The van der Waals surface area contributed by atoms with Crippen molar-refractivity contribution in [2.24, 2.45) is 0 Å². The highest BCUT2D eigenvalue weighted by Crippen LogP contribution is 2.21. The summed E-state index contributed by atoms with van der Waals surface area (Å²) in [5, 5.41) is 0. The van der Waals surface area contributed by atoms with E-state index in [-0.39, 0.29) is 17.8 Å². The van der Waals surface area contributed by atoms with Crippen molar-refractivity contribution in [1.29, 1.82) is 0 Å². The Kier molecular flexibility index (Phi) is 3.41. The second-order valence-electron chi connectivity index (χ2n) is 3.86. The number of ketones is 1. The van der Waals surface area contributed by atoms with Gasteiger partial charge >= 0.3 is 0 Å². The summed E-state index contributed by atoms with van der Waals surface area (Å²) in [5.74, 6) is -1.09. The van der Waals surface area contributed by atoms with Crippen LogP contribution in [0.15, 0.2) is 30.5 Å². The van der Waals surface area contributed by atoms with Gasteiger partial charge in [-0.25, -0.2) is 18.7 Å². The Morgan fingerprint density at radius 1 is 1.28 bits per heavy atom. The molecule has 0 aliphatic heterocycles. The molecule has 0 atom stereocenters. The van der Waals surface area contributed by atoms with Crippen molar-refractivity contribution in [3.63, 3.8) is 0 Å². The molecule has 0 amide bonds. The van der Waals surface area contributed by atoms with Crippen LogP contribution in [-0.4, -0.2) is 15.8 Å². The Morgan fingerprint density at radius 2 is 2.06 bits per heavy atom. The average molecular weight is 248 g/mol. The lowest BCUT2D eigenvalue weighted by Gasteiger charge is -2.04. The van der Waals surface area contributed by atoms with Gasteiger partial charge in [0.25, 0.3) is 0 Å². The van der Waals surface area contributed by atoms with Gasteiger partial charge < -0.3 is 0 Å². The molecule has 2 aromatic rings. The topological polar surface area (TPSA) is 42.9 Å². The van der Waals surface area contributed by atoms with Crippen molar-refractivity contribution in [1.82, 2.24) is 9.97 Å². The van der Waals surface area contributed by atoms with Gasteiger partial charge in [0.2, 0.25) is 0 Å². The molecular formula is C13H10F2N2O. The van der Waals surface area contributed by atoms with Crippen molar-refractivity contribution < 1.29 is 13.6 Å². The summed E-state index contributed by atoms with van der Waals surface area (Å²) >= 11 is 0. The van der Waals surface area contributed by atoms with Gasteiger partial charge in [-0.05, 0) is 25.1 Å². The van der Waals surface area contributed by atoms with E-state index in [1.165, 1.54) is 25.3 Å². The van der Waals surface area contributed by atoms with Crippen LogP contribution >= 0.6 is 0 Å². The number of hydrogen-bond acceptors (Lipinski definition) is 3. The van der Waals surface area contributed by atoms with Crippen LogP contribution in [0, 0.1) is 11.6 Å². The predicted molar refractivity (Wildman–Crippen MR) is 61.8 cm³/mol. The predicted octanol–water partition coefficient (Wildman–Crippen LogP) is 2.55. The van der Waals surface area contributed by atoms with Crippen molar-refractivity contribution in [3.05, 3.63) is 47.9 Å².